The summed E-state index contributed by atoms with van der Waals surface area (Å²) in [7, 11) is 0. The van der Waals surface area contributed by atoms with E-state index < -0.39 is 6.10 Å². The smallest absolute Gasteiger partial charge is 0.203 e. The van der Waals surface area contributed by atoms with E-state index in [0.717, 1.165) is 54.0 Å². The van der Waals surface area contributed by atoms with Crippen LogP contribution in [0.2, 0.25) is 0 Å². The first kappa shape index (κ1) is 19.7. The monoisotopic (exact) mass is 490 g/mol. The third-order valence-corrected chi connectivity index (χ3v) is 6.09. The molecule has 4 nitrogen and oxygen atoms in total. The summed E-state index contributed by atoms with van der Waals surface area (Å²) >= 11 is 0. The fourth-order valence-corrected chi connectivity index (χ4v) is 4.69. The van der Waals surface area contributed by atoms with Gasteiger partial charge in [-0.15, -0.1) is 0 Å². The number of hydrogen-bond donors (Lipinski definition) is 1. The summed E-state index contributed by atoms with van der Waals surface area (Å²) in [6, 6.07) is 12.9. The summed E-state index contributed by atoms with van der Waals surface area (Å²) in [4.78, 5) is 2.42. The van der Waals surface area contributed by atoms with Gasteiger partial charge < -0.3 is 38.4 Å². The van der Waals surface area contributed by atoms with Crippen molar-refractivity contribution in [2.75, 3.05) is 31.1 Å². The van der Waals surface area contributed by atoms with Crippen molar-refractivity contribution in [1.82, 2.24) is 4.58 Å². The van der Waals surface area contributed by atoms with Gasteiger partial charge in [0.2, 0.25) is 5.36 Å². The number of rotatable bonds is 2. The van der Waals surface area contributed by atoms with Crippen LogP contribution in [0.4, 0.5) is 5.69 Å². The normalized spacial score (nSPS) is 18.1. The van der Waals surface area contributed by atoms with E-state index in [1.807, 2.05) is 6.92 Å². The van der Waals surface area contributed by atoms with Crippen LogP contribution in [-0.2, 0) is 0 Å². The van der Waals surface area contributed by atoms with Crippen LogP contribution < -0.4 is 38.8 Å². The van der Waals surface area contributed by atoms with Crippen molar-refractivity contribution in [1.29, 1.82) is 0 Å². The lowest BCUT2D eigenvalue weighted by Gasteiger charge is -2.20. The van der Waals surface area contributed by atoms with Gasteiger partial charge in [0.25, 0.3) is 0 Å². The Morgan fingerprint density at radius 2 is 1.75 bits per heavy atom. The first-order valence-corrected chi connectivity index (χ1v) is 10.2. The topological polar surface area (TPSA) is 39.6 Å². The molecule has 1 atom stereocenters. The Morgan fingerprint density at radius 1 is 1.00 bits per heavy atom. The summed E-state index contributed by atoms with van der Waals surface area (Å²) in [5.41, 5.74) is 4.05. The third kappa shape index (κ3) is 3.43. The second kappa shape index (κ2) is 8.03. The summed E-state index contributed by atoms with van der Waals surface area (Å²) in [6.07, 6.45) is 4.48. The molecule has 2 fully saturated rings. The zero-order chi connectivity index (χ0) is 18.4. The fourth-order valence-electron chi connectivity index (χ4n) is 4.69. The molecule has 1 aromatic rings. The molecule has 148 valence electrons. The fraction of sp³-hybridized carbons (Fsp3) is 0.435. The molecular weight excluding hydrogens is 463 g/mol. The Labute approximate surface area is 182 Å². The molecule has 0 radical (unpaired) electrons. The average molecular weight is 490 g/mol. The predicted molar refractivity (Wildman–Crippen MR) is 109 cm³/mol. The van der Waals surface area contributed by atoms with Gasteiger partial charge in [0.15, 0.2) is 0 Å². The maximum Gasteiger partial charge on any atom is 0.203 e. The quantitative estimate of drug-likeness (QED) is 0.328. The Hall–Kier alpha value is -1.60. The highest BCUT2D eigenvalue weighted by molar-refractivity contribution is 5.90. The molecule has 3 heterocycles. The minimum atomic E-state index is -0.540. The lowest BCUT2D eigenvalue weighted by Crippen LogP contribution is -3.00. The second-order valence-corrected chi connectivity index (χ2v) is 7.94. The summed E-state index contributed by atoms with van der Waals surface area (Å²) in [5.74, 6) is 0.862. The SMILES string of the molecule is CC(O)c1c2ccc(=[N+]3CCCC3)cc-2oc2cc(N3CCCC3)ccc12.[I-]. The van der Waals surface area contributed by atoms with Crippen molar-refractivity contribution < 1.29 is 33.5 Å². The van der Waals surface area contributed by atoms with Gasteiger partial charge in [0, 0.05) is 60.3 Å². The van der Waals surface area contributed by atoms with Gasteiger partial charge in [-0.3, -0.25) is 0 Å². The third-order valence-electron chi connectivity index (χ3n) is 6.09. The van der Waals surface area contributed by atoms with Gasteiger partial charge in [-0.25, -0.2) is 4.58 Å². The second-order valence-electron chi connectivity index (χ2n) is 7.94. The van der Waals surface area contributed by atoms with Crippen molar-refractivity contribution in [2.24, 2.45) is 0 Å². The molecule has 28 heavy (non-hydrogen) atoms. The zero-order valence-corrected chi connectivity index (χ0v) is 18.5. The van der Waals surface area contributed by atoms with Crippen LogP contribution in [0.25, 0.3) is 22.3 Å². The van der Waals surface area contributed by atoms with Crippen LogP contribution in [0.15, 0.2) is 40.8 Å². The van der Waals surface area contributed by atoms with Gasteiger partial charge >= 0.3 is 0 Å². The highest BCUT2D eigenvalue weighted by atomic mass is 127. The van der Waals surface area contributed by atoms with E-state index in [9.17, 15) is 5.11 Å². The molecule has 0 saturated carbocycles. The highest BCUT2D eigenvalue weighted by Gasteiger charge is 2.22. The predicted octanol–water partition coefficient (Wildman–Crippen LogP) is 0.761. The Morgan fingerprint density at radius 3 is 2.46 bits per heavy atom. The average Bonchev–Trinajstić information content (AvgIpc) is 3.38. The first-order valence-electron chi connectivity index (χ1n) is 10.2. The number of aliphatic hydroxyl groups excluding tert-OH is 1. The van der Waals surface area contributed by atoms with Crippen LogP contribution in [-0.4, -0.2) is 31.3 Å². The van der Waals surface area contributed by atoms with Crippen LogP contribution >= 0.6 is 0 Å². The first-order chi connectivity index (χ1) is 13.2. The zero-order valence-electron chi connectivity index (χ0n) is 16.3. The minimum absolute atomic E-state index is 0. The molecule has 1 unspecified atom stereocenters. The van der Waals surface area contributed by atoms with Crippen molar-refractivity contribution in [3.63, 3.8) is 0 Å². The van der Waals surface area contributed by atoms with Gasteiger partial charge in [-0.05, 0) is 38.0 Å². The number of fused-ring (bicyclic) bond motifs is 2. The molecule has 0 amide bonds. The number of benzene rings is 2. The summed E-state index contributed by atoms with van der Waals surface area (Å²) < 4.78 is 8.79. The van der Waals surface area contributed by atoms with E-state index in [1.165, 1.54) is 36.7 Å². The maximum absolute atomic E-state index is 10.5. The minimum Gasteiger partial charge on any atom is -1.00 e. The van der Waals surface area contributed by atoms with E-state index in [1.54, 1.807) is 0 Å². The molecule has 0 bridgehead atoms. The molecule has 2 saturated heterocycles. The molecule has 3 aliphatic heterocycles. The van der Waals surface area contributed by atoms with Crippen LogP contribution in [0, 0.1) is 0 Å². The van der Waals surface area contributed by atoms with Gasteiger partial charge in [0.1, 0.15) is 24.4 Å². The lowest BCUT2D eigenvalue weighted by atomic mass is 9.96. The largest absolute Gasteiger partial charge is 1.00 e. The van der Waals surface area contributed by atoms with Crippen LogP contribution in [0.5, 0.6) is 0 Å². The van der Waals surface area contributed by atoms with Crippen molar-refractivity contribution in [3.05, 3.63) is 47.3 Å². The van der Waals surface area contributed by atoms with E-state index in [0.29, 0.717) is 0 Å². The summed E-state index contributed by atoms with van der Waals surface area (Å²) in [6.45, 7) is 6.29. The van der Waals surface area contributed by atoms with E-state index >= 15 is 0 Å². The lowest BCUT2D eigenvalue weighted by molar-refractivity contribution is -0.00000782. The Kier molecular flexibility index (Phi) is 5.65. The number of anilines is 1. The Bertz CT molecular complexity index is 1030. The molecule has 1 aliphatic carbocycles. The van der Waals surface area contributed by atoms with Crippen molar-refractivity contribution in [2.45, 2.75) is 38.7 Å². The molecule has 4 aliphatic rings. The standard InChI is InChI=1S/C23H27N2O2.HI/c1-16(26)23-19-8-6-17(24-10-2-3-11-24)14-21(19)27-22-15-18(7-9-20(22)23)25-12-4-5-13-25;/h6-9,14-16,26H,2-5,10-13H2,1H3;1H/q+1;/p-1. The molecule has 0 spiro atoms. The number of halogens is 1. The molecular formula is C23H27IN2O2. The van der Waals surface area contributed by atoms with Gasteiger partial charge in [-0.1, -0.05) is 0 Å². The van der Waals surface area contributed by atoms with Crippen LogP contribution in [0.1, 0.15) is 44.3 Å². The molecule has 1 aromatic carbocycles. The highest BCUT2D eigenvalue weighted by Crippen LogP contribution is 2.38. The molecule has 1 N–H and O–H groups in total. The van der Waals surface area contributed by atoms with Crippen molar-refractivity contribution >= 4 is 16.7 Å². The van der Waals surface area contributed by atoms with Gasteiger partial charge in [-0.2, -0.15) is 0 Å². The van der Waals surface area contributed by atoms with Crippen LogP contribution in [0.3, 0.4) is 0 Å². The molecule has 0 aromatic heterocycles. The number of aliphatic hydroxyl groups is 1. The van der Waals surface area contributed by atoms with E-state index in [2.05, 4.69) is 45.9 Å². The summed E-state index contributed by atoms with van der Waals surface area (Å²) in [5, 5.41) is 12.7. The maximum atomic E-state index is 10.5. The van der Waals surface area contributed by atoms with E-state index in [-0.39, 0.29) is 24.0 Å². The van der Waals surface area contributed by atoms with Gasteiger partial charge in [0.05, 0.1) is 12.2 Å². The van der Waals surface area contributed by atoms with Crippen molar-refractivity contribution in [3.8, 4) is 11.3 Å². The van der Waals surface area contributed by atoms with E-state index in [4.69, 9.17) is 4.42 Å². The number of hydrogen-bond acceptors (Lipinski definition) is 3. The molecule has 5 rings (SSSR count). The number of nitrogens with zero attached hydrogens (tertiary/aromatic N) is 2. The Balaban J connectivity index is 0.00000192. The molecule has 5 heteroatoms.